The molecular formula is C22H27NO10S2. The summed E-state index contributed by atoms with van der Waals surface area (Å²) in [6.45, 7) is 0. The summed E-state index contributed by atoms with van der Waals surface area (Å²) in [6, 6.07) is 6.02. The Hall–Kier alpha value is -3.42. The molecule has 0 saturated heterocycles. The molecule has 0 fully saturated rings. The normalized spacial score (nSPS) is 12.1. The van der Waals surface area contributed by atoms with Crippen molar-refractivity contribution in [2.75, 3.05) is 42.7 Å². The Balaban J connectivity index is 2.28. The maximum Gasteiger partial charge on any atom is 0.246 e. The van der Waals surface area contributed by atoms with Gasteiger partial charge in [0, 0.05) is 10.8 Å². The third kappa shape index (κ3) is 7.28. The topological polar surface area (TPSA) is 136 Å². The Kier molecular flexibility index (Phi) is 9.40. The zero-order valence-corrected chi connectivity index (χ0v) is 21.7. The van der Waals surface area contributed by atoms with E-state index in [-0.39, 0.29) is 0 Å². The quantitative estimate of drug-likeness (QED) is 0.437. The monoisotopic (exact) mass is 529 g/mol. The Morgan fingerprint density at radius 2 is 0.829 bits per heavy atom. The number of hydrogen-bond donors (Lipinski definition) is 1. The van der Waals surface area contributed by atoms with Crippen LogP contribution < -0.4 is 32.5 Å². The minimum Gasteiger partial charge on any atom is -0.493 e. The van der Waals surface area contributed by atoms with Crippen LogP contribution in [0, 0.1) is 0 Å². The van der Waals surface area contributed by atoms with Gasteiger partial charge < -0.3 is 28.4 Å². The molecule has 192 valence electrons. The maximum absolute atomic E-state index is 12.4. The molecule has 0 unspecified atom stereocenters. The zero-order chi connectivity index (χ0) is 26.2. The average molecular weight is 530 g/mol. The van der Waals surface area contributed by atoms with Gasteiger partial charge in [-0.25, -0.2) is 16.8 Å². The van der Waals surface area contributed by atoms with Crippen LogP contribution in [0.5, 0.6) is 34.5 Å². The lowest BCUT2D eigenvalue weighted by molar-refractivity contribution is 0.324. The number of rotatable bonds is 12. The van der Waals surface area contributed by atoms with Crippen molar-refractivity contribution >= 4 is 32.2 Å². The molecule has 13 heteroatoms. The number of methoxy groups -OCH3 is 6. The van der Waals surface area contributed by atoms with Crippen LogP contribution in [-0.2, 0) is 20.0 Å². The van der Waals surface area contributed by atoms with E-state index in [1.807, 2.05) is 0 Å². The Labute approximate surface area is 205 Å². The van der Waals surface area contributed by atoms with Gasteiger partial charge >= 0.3 is 0 Å². The van der Waals surface area contributed by atoms with E-state index in [9.17, 15) is 16.8 Å². The predicted octanol–water partition coefficient (Wildman–Crippen LogP) is 2.63. The lowest BCUT2D eigenvalue weighted by Gasteiger charge is -2.13. The van der Waals surface area contributed by atoms with Gasteiger partial charge in [0.2, 0.25) is 31.5 Å². The summed E-state index contributed by atoms with van der Waals surface area (Å²) in [5.74, 6) is 1.87. The first-order valence-corrected chi connectivity index (χ1v) is 12.9. The predicted molar refractivity (Wildman–Crippen MR) is 131 cm³/mol. The van der Waals surface area contributed by atoms with E-state index < -0.39 is 20.0 Å². The molecule has 0 amide bonds. The van der Waals surface area contributed by atoms with Gasteiger partial charge in [-0.05, 0) is 47.5 Å². The van der Waals surface area contributed by atoms with Gasteiger partial charge in [-0.15, -0.1) is 4.13 Å². The molecule has 2 rings (SSSR count). The van der Waals surface area contributed by atoms with Crippen LogP contribution in [-0.4, -0.2) is 59.5 Å². The molecule has 2 aromatic rings. The summed E-state index contributed by atoms with van der Waals surface area (Å²) in [4.78, 5) is 0. The number of benzene rings is 2. The van der Waals surface area contributed by atoms with Gasteiger partial charge in [0.25, 0.3) is 0 Å². The van der Waals surface area contributed by atoms with E-state index in [2.05, 4.69) is 0 Å². The summed E-state index contributed by atoms with van der Waals surface area (Å²) in [7, 11) is -0.257. The molecular weight excluding hydrogens is 502 g/mol. The third-order valence-corrected chi connectivity index (χ3v) is 7.33. The van der Waals surface area contributed by atoms with Crippen LogP contribution >= 0.6 is 0 Å². The second-order valence-corrected chi connectivity index (χ2v) is 10.1. The van der Waals surface area contributed by atoms with Crippen LogP contribution in [0.1, 0.15) is 11.1 Å². The lowest BCUT2D eigenvalue weighted by atomic mass is 10.2. The molecule has 0 atom stereocenters. The molecule has 0 spiro atoms. The molecule has 11 nitrogen and oxygen atoms in total. The fourth-order valence-electron chi connectivity index (χ4n) is 2.95. The summed E-state index contributed by atoms with van der Waals surface area (Å²) in [6.07, 6.45) is 2.37. The second-order valence-electron chi connectivity index (χ2n) is 6.70. The maximum atomic E-state index is 12.4. The molecule has 0 bridgehead atoms. The van der Waals surface area contributed by atoms with Crippen LogP contribution in [0.2, 0.25) is 0 Å². The highest BCUT2D eigenvalue weighted by molar-refractivity contribution is 8.07. The highest BCUT2D eigenvalue weighted by Crippen LogP contribution is 2.39. The molecule has 0 saturated carbocycles. The lowest BCUT2D eigenvalue weighted by Crippen LogP contribution is -2.26. The van der Waals surface area contributed by atoms with Crippen molar-refractivity contribution in [2.24, 2.45) is 0 Å². The standard InChI is InChI=1S/C22H27NO10S2/c1-28-17-11-15(12-18(29-2)21(17)32-5)7-9-34(24,25)23-35(26,27)10-8-16-13-19(30-3)22(33-6)20(14-16)31-4/h7-14,23H,1-6H3/b9-7+,10-8+. The zero-order valence-electron chi connectivity index (χ0n) is 20.0. The SMILES string of the molecule is COc1cc(/C=C/S(=O)(=O)NS(=O)(=O)/C=C/c2cc(OC)c(OC)c(OC)c2)cc(OC)c1OC. The highest BCUT2D eigenvalue weighted by Gasteiger charge is 2.18. The van der Waals surface area contributed by atoms with Crippen LogP contribution in [0.3, 0.4) is 0 Å². The molecule has 0 aliphatic heterocycles. The Morgan fingerprint density at radius 3 is 1.06 bits per heavy atom. The molecule has 0 aliphatic rings. The summed E-state index contributed by atoms with van der Waals surface area (Å²) < 4.78 is 82.5. The van der Waals surface area contributed by atoms with Gasteiger partial charge in [0.15, 0.2) is 23.0 Å². The number of sulfonamides is 2. The van der Waals surface area contributed by atoms with Crippen LogP contribution in [0.4, 0.5) is 0 Å². The van der Waals surface area contributed by atoms with Gasteiger partial charge in [0.1, 0.15) is 0 Å². The highest BCUT2D eigenvalue weighted by atomic mass is 32.3. The van der Waals surface area contributed by atoms with Crippen molar-refractivity contribution in [1.29, 1.82) is 0 Å². The van der Waals surface area contributed by atoms with Crippen LogP contribution in [0.25, 0.3) is 12.2 Å². The van der Waals surface area contributed by atoms with Crippen molar-refractivity contribution in [1.82, 2.24) is 4.13 Å². The van der Waals surface area contributed by atoms with Crippen molar-refractivity contribution in [3.63, 3.8) is 0 Å². The van der Waals surface area contributed by atoms with Crippen molar-refractivity contribution < 1.29 is 45.3 Å². The molecule has 35 heavy (non-hydrogen) atoms. The largest absolute Gasteiger partial charge is 0.493 e. The first-order valence-electron chi connectivity index (χ1n) is 9.77. The fourth-order valence-corrected chi connectivity index (χ4v) is 5.36. The summed E-state index contributed by atoms with van der Waals surface area (Å²) in [5, 5.41) is 1.41. The van der Waals surface area contributed by atoms with Gasteiger partial charge in [-0.3, -0.25) is 0 Å². The van der Waals surface area contributed by atoms with E-state index in [0.29, 0.717) is 56.4 Å². The summed E-state index contributed by atoms with van der Waals surface area (Å²) >= 11 is 0. The number of ether oxygens (including phenoxy) is 6. The first kappa shape index (κ1) is 27.8. The fraction of sp³-hybridized carbons (Fsp3) is 0.273. The molecule has 0 aromatic heterocycles. The van der Waals surface area contributed by atoms with Gasteiger partial charge in [-0.1, -0.05) is 0 Å². The molecule has 0 heterocycles. The van der Waals surface area contributed by atoms with E-state index in [1.54, 1.807) is 4.13 Å². The van der Waals surface area contributed by atoms with Crippen molar-refractivity contribution in [3.8, 4) is 34.5 Å². The van der Waals surface area contributed by atoms with Crippen LogP contribution in [0.15, 0.2) is 35.1 Å². The summed E-state index contributed by atoms with van der Waals surface area (Å²) in [5.41, 5.74) is 0.741. The minimum atomic E-state index is -4.39. The van der Waals surface area contributed by atoms with Gasteiger partial charge in [-0.2, -0.15) is 0 Å². The molecule has 2 aromatic carbocycles. The average Bonchev–Trinajstić information content (AvgIpc) is 2.84. The Bertz CT molecular complexity index is 1160. The molecule has 1 N–H and O–H groups in total. The third-order valence-electron chi connectivity index (χ3n) is 4.49. The van der Waals surface area contributed by atoms with E-state index >= 15 is 0 Å². The van der Waals surface area contributed by atoms with E-state index in [0.717, 1.165) is 0 Å². The first-order chi connectivity index (χ1) is 16.5. The molecule has 0 aliphatic carbocycles. The number of nitrogens with one attached hydrogen (secondary N) is 1. The second kappa shape index (κ2) is 11.8. The van der Waals surface area contributed by atoms with Crippen molar-refractivity contribution in [2.45, 2.75) is 0 Å². The van der Waals surface area contributed by atoms with Crippen molar-refractivity contribution in [3.05, 3.63) is 46.2 Å². The number of hydrogen-bond acceptors (Lipinski definition) is 10. The van der Waals surface area contributed by atoms with E-state index in [4.69, 9.17) is 28.4 Å². The molecule has 0 radical (unpaired) electrons. The Morgan fingerprint density at radius 1 is 0.543 bits per heavy atom. The smallest absolute Gasteiger partial charge is 0.246 e. The van der Waals surface area contributed by atoms with E-state index in [1.165, 1.54) is 79.1 Å². The van der Waals surface area contributed by atoms with Gasteiger partial charge in [0.05, 0.1) is 42.7 Å². The minimum absolute atomic E-state index is 0.303.